The van der Waals surface area contributed by atoms with E-state index in [1.54, 1.807) is 0 Å². The summed E-state index contributed by atoms with van der Waals surface area (Å²) < 4.78 is 0. The molecule has 0 heterocycles. The van der Waals surface area contributed by atoms with Gasteiger partial charge >= 0.3 is 11.9 Å². The van der Waals surface area contributed by atoms with Crippen LogP contribution in [-0.2, 0) is 0 Å². The van der Waals surface area contributed by atoms with Crippen LogP contribution in [0.25, 0.3) is 0 Å². The lowest BCUT2D eigenvalue weighted by Crippen LogP contribution is -2.10. The van der Waals surface area contributed by atoms with Crippen LogP contribution in [0.15, 0.2) is 12.1 Å². The van der Waals surface area contributed by atoms with Crippen LogP contribution in [0.1, 0.15) is 20.7 Å². The van der Waals surface area contributed by atoms with Gasteiger partial charge in [-0.25, -0.2) is 9.59 Å². The van der Waals surface area contributed by atoms with Crippen molar-refractivity contribution in [3.63, 3.8) is 0 Å². The number of carboxylic acid groups (broad SMARTS) is 2. The first kappa shape index (κ1) is 13.0. The molecule has 0 aromatic heterocycles. The van der Waals surface area contributed by atoms with Crippen LogP contribution < -0.4 is 0 Å². The van der Waals surface area contributed by atoms with Crippen molar-refractivity contribution in [1.29, 1.82) is 0 Å². The van der Waals surface area contributed by atoms with Gasteiger partial charge in [-0.15, -0.1) is 0 Å². The first-order valence-electron chi connectivity index (χ1n) is 4.19. The number of aromatic carboxylic acids is 2. The van der Waals surface area contributed by atoms with Crippen LogP contribution in [0.4, 0.5) is 11.4 Å². The monoisotopic (exact) mass is 256 g/mol. The van der Waals surface area contributed by atoms with Crippen LogP contribution in [0.2, 0.25) is 0 Å². The third-order valence-electron chi connectivity index (χ3n) is 1.95. The molecule has 0 bridgehead atoms. The molecule has 0 amide bonds. The summed E-state index contributed by atoms with van der Waals surface area (Å²) in [5.41, 5.74) is -4.14. The summed E-state index contributed by atoms with van der Waals surface area (Å²) in [6, 6.07) is 0.875. The van der Waals surface area contributed by atoms with Gasteiger partial charge in [0.1, 0.15) is 11.1 Å². The summed E-state index contributed by atoms with van der Waals surface area (Å²) in [4.78, 5) is 40.4. The minimum atomic E-state index is -1.83. The van der Waals surface area contributed by atoms with E-state index in [2.05, 4.69) is 0 Å². The number of nitro groups is 2. The molecule has 0 aliphatic carbocycles. The van der Waals surface area contributed by atoms with Crippen molar-refractivity contribution in [1.82, 2.24) is 0 Å². The highest BCUT2D eigenvalue weighted by atomic mass is 16.6. The largest absolute Gasteiger partial charge is 0.477 e. The number of nitro benzene ring substituents is 2. The Morgan fingerprint density at radius 2 is 1.33 bits per heavy atom. The normalized spacial score (nSPS) is 9.78. The lowest BCUT2D eigenvalue weighted by atomic mass is 10.1. The number of non-ortho nitro benzene ring substituents is 1. The van der Waals surface area contributed by atoms with Crippen LogP contribution in [0, 0.1) is 20.2 Å². The van der Waals surface area contributed by atoms with E-state index in [1.807, 2.05) is 0 Å². The van der Waals surface area contributed by atoms with E-state index in [9.17, 15) is 29.8 Å². The fourth-order valence-electron chi connectivity index (χ4n) is 1.25. The molecule has 1 aromatic rings. The number of carbonyl (C=O) groups is 2. The molecule has 10 nitrogen and oxygen atoms in total. The average molecular weight is 256 g/mol. The number of rotatable bonds is 4. The molecule has 2 N–H and O–H groups in total. The molecule has 0 aliphatic rings. The van der Waals surface area contributed by atoms with Gasteiger partial charge in [0.05, 0.1) is 9.85 Å². The lowest BCUT2D eigenvalue weighted by Gasteiger charge is -2.02. The number of nitrogens with zero attached hydrogens (tertiary/aromatic N) is 2. The SMILES string of the molecule is O=C(O)c1cc([N+](=O)[O-])cc(C(=O)O)c1[N+](=O)[O-]. The van der Waals surface area contributed by atoms with Gasteiger partial charge in [-0.2, -0.15) is 0 Å². The van der Waals surface area contributed by atoms with Gasteiger partial charge in [-0.05, 0) is 0 Å². The van der Waals surface area contributed by atoms with Crippen molar-refractivity contribution in [3.8, 4) is 0 Å². The zero-order valence-electron chi connectivity index (χ0n) is 8.39. The molecule has 0 spiro atoms. The molecule has 0 fully saturated rings. The zero-order chi connectivity index (χ0) is 14.0. The Kier molecular flexibility index (Phi) is 3.22. The molecule has 0 radical (unpaired) electrons. The standard InChI is InChI=1S/C8H4N2O8/c11-7(12)4-1-3(9(15)16)2-5(8(13)14)6(4)10(17)18/h1-2H,(H,11,12)(H,13,14). The van der Waals surface area contributed by atoms with E-state index in [4.69, 9.17) is 10.2 Å². The Morgan fingerprint density at radius 3 is 1.56 bits per heavy atom. The van der Waals surface area contributed by atoms with E-state index in [-0.39, 0.29) is 0 Å². The van der Waals surface area contributed by atoms with Crippen LogP contribution in [0.3, 0.4) is 0 Å². The van der Waals surface area contributed by atoms with E-state index in [0.717, 1.165) is 0 Å². The van der Waals surface area contributed by atoms with E-state index < -0.39 is 44.3 Å². The van der Waals surface area contributed by atoms with E-state index in [0.29, 0.717) is 12.1 Å². The third kappa shape index (κ3) is 2.21. The van der Waals surface area contributed by atoms with Gasteiger partial charge in [-0.3, -0.25) is 20.2 Å². The minimum absolute atomic E-state index is 0.437. The summed E-state index contributed by atoms with van der Waals surface area (Å²) in [5, 5.41) is 38.5. The van der Waals surface area contributed by atoms with Crippen molar-refractivity contribution < 1.29 is 29.6 Å². The van der Waals surface area contributed by atoms with Crippen LogP contribution >= 0.6 is 0 Å². The predicted octanol–water partition coefficient (Wildman–Crippen LogP) is 0.899. The van der Waals surface area contributed by atoms with Crippen LogP contribution in [-0.4, -0.2) is 32.0 Å². The molecule has 0 saturated carbocycles. The number of hydrogen-bond acceptors (Lipinski definition) is 6. The van der Waals surface area contributed by atoms with Gasteiger partial charge in [0.15, 0.2) is 0 Å². The lowest BCUT2D eigenvalue weighted by molar-refractivity contribution is -0.389. The molecule has 1 aromatic carbocycles. The van der Waals surface area contributed by atoms with Crippen LogP contribution in [0.5, 0.6) is 0 Å². The topological polar surface area (TPSA) is 161 Å². The summed E-state index contributed by atoms with van der Waals surface area (Å²) in [7, 11) is 0. The van der Waals surface area contributed by atoms with Crippen molar-refractivity contribution >= 4 is 23.3 Å². The maximum absolute atomic E-state index is 10.8. The minimum Gasteiger partial charge on any atom is -0.477 e. The zero-order valence-corrected chi connectivity index (χ0v) is 8.39. The van der Waals surface area contributed by atoms with Gasteiger partial charge in [0, 0.05) is 12.1 Å². The Balaban J connectivity index is 3.76. The summed E-state index contributed by atoms with van der Waals surface area (Å²) in [6.07, 6.45) is 0. The summed E-state index contributed by atoms with van der Waals surface area (Å²) in [5.74, 6) is -3.65. The second-order valence-corrected chi connectivity index (χ2v) is 3.01. The van der Waals surface area contributed by atoms with Gasteiger partial charge < -0.3 is 10.2 Å². The van der Waals surface area contributed by atoms with Gasteiger partial charge in [0.25, 0.3) is 11.4 Å². The molecule has 0 saturated heterocycles. The summed E-state index contributed by atoms with van der Waals surface area (Å²) in [6.45, 7) is 0. The molecule has 1 rings (SSSR count). The number of benzene rings is 1. The Morgan fingerprint density at radius 1 is 0.944 bits per heavy atom. The van der Waals surface area contributed by atoms with E-state index >= 15 is 0 Å². The Bertz CT molecular complexity index is 543. The van der Waals surface area contributed by atoms with Crippen molar-refractivity contribution in [2.75, 3.05) is 0 Å². The highest BCUT2D eigenvalue weighted by molar-refractivity contribution is 6.01. The molecule has 0 unspecified atom stereocenters. The molecule has 94 valence electrons. The molecule has 10 heteroatoms. The highest BCUT2D eigenvalue weighted by Gasteiger charge is 2.31. The van der Waals surface area contributed by atoms with Gasteiger partial charge in [-0.1, -0.05) is 0 Å². The molecular formula is C8H4N2O8. The van der Waals surface area contributed by atoms with Gasteiger partial charge in [0.2, 0.25) is 0 Å². The average Bonchev–Trinajstić information content (AvgIpc) is 2.26. The fourth-order valence-corrected chi connectivity index (χ4v) is 1.25. The Labute approximate surface area is 97.4 Å². The first-order valence-corrected chi connectivity index (χ1v) is 4.19. The number of carboxylic acids is 2. The first-order chi connectivity index (χ1) is 8.25. The third-order valence-corrected chi connectivity index (χ3v) is 1.95. The molecule has 0 atom stereocenters. The molecular weight excluding hydrogens is 252 g/mol. The molecule has 18 heavy (non-hydrogen) atoms. The number of hydrogen-bond donors (Lipinski definition) is 2. The second-order valence-electron chi connectivity index (χ2n) is 3.01. The molecule has 0 aliphatic heterocycles. The van der Waals surface area contributed by atoms with Crippen molar-refractivity contribution in [3.05, 3.63) is 43.5 Å². The van der Waals surface area contributed by atoms with Crippen molar-refractivity contribution in [2.24, 2.45) is 0 Å². The quantitative estimate of drug-likeness (QED) is 0.592. The predicted molar refractivity (Wildman–Crippen MR) is 53.7 cm³/mol. The van der Waals surface area contributed by atoms with Crippen molar-refractivity contribution in [2.45, 2.75) is 0 Å². The maximum atomic E-state index is 10.8. The highest BCUT2D eigenvalue weighted by Crippen LogP contribution is 2.29. The fraction of sp³-hybridized carbons (Fsp3) is 0. The Hall–Kier alpha value is -3.04. The smallest absolute Gasteiger partial charge is 0.343 e. The second kappa shape index (κ2) is 4.45. The van der Waals surface area contributed by atoms with E-state index in [1.165, 1.54) is 0 Å². The summed E-state index contributed by atoms with van der Waals surface area (Å²) >= 11 is 0. The maximum Gasteiger partial charge on any atom is 0.343 e.